The molecule has 0 aliphatic carbocycles. The number of carbonyl (C=O) groups is 2. The van der Waals surface area contributed by atoms with Crippen molar-refractivity contribution >= 4 is 27.4 Å². The Bertz CT molecular complexity index is 1300. The van der Waals surface area contributed by atoms with Crippen molar-refractivity contribution in [2.75, 3.05) is 24.7 Å². The molecule has 172 valence electrons. The van der Waals surface area contributed by atoms with E-state index >= 15 is 0 Å². The van der Waals surface area contributed by atoms with Crippen LogP contribution >= 0.6 is 0 Å². The highest BCUT2D eigenvalue weighted by Gasteiger charge is 2.39. The van der Waals surface area contributed by atoms with Gasteiger partial charge in [-0.15, -0.1) is 0 Å². The Morgan fingerprint density at radius 2 is 1.97 bits per heavy atom. The van der Waals surface area contributed by atoms with Crippen LogP contribution in [0.1, 0.15) is 23.2 Å². The summed E-state index contributed by atoms with van der Waals surface area (Å²) < 4.78 is 60.1. The monoisotopic (exact) mass is 477 g/mol. The first-order valence-corrected chi connectivity index (χ1v) is 11.3. The number of halogens is 2. The second kappa shape index (κ2) is 8.77. The zero-order valence-electron chi connectivity index (χ0n) is 17.0. The lowest BCUT2D eigenvalue weighted by molar-refractivity contribution is -0.114. The largest absolute Gasteiger partial charge is 0.489 e. The number of ketones is 1. The van der Waals surface area contributed by atoms with Crippen molar-refractivity contribution in [2.24, 2.45) is 5.11 Å². The second-order valence-electron chi connectivity index (χ2n) is 7.41. The Morgan fingerprint density at radius 1 is 1.18 bits per heavy atom. The summed E-state index contributed by atoms with van der Waals surface area (Å²) in [6.45, 7) is -0.356. The first-order valence-electron chi connectivity index (χ1n) is 9.85. The molecule has 1 amide bonds. The van der Waals surface area contributed by atoms with E-state index in [2.05, 4.69) is 10.0 Å². The number of hydrogen-bond donors (Lipinski definition) is 0. The molecule has 1 fully saturated rings. The van der Waals surface area contributed by atoms with E-state index in [1.165, 1.54) is 16.4 Å². The summed E-state index contributed by atoms with van der Waals surface area (Å²) in [7, 11) is -4.07. The highest BCUT2D eigenvalue weighted by molar-refractivity contribution is 7.89. The van der Waals surface area contributed by atoms with E-state index in [1.807, 2.05) is 0 Å². The summed E-state index contributed by atoms with van der Waals surface area (Å²) in [6, 6.07) is 5.93. The van der Waals surface area contributed by atoms with Crippen LogP contribution in [0.5, 0.6) is 5.75 Å². The van der Waals surface area contributed by atoms with Gasteiger partial charge in [0.2, 0.25) is 10.0 Å². The smallest absolute Gasteiger partial charge is 0.299 e. The fraction of sp³-hybridized carbons (Fsp3) is 0.300. The molecular formula is C20H17F2N5O5S. The van der Waals surface area contributed by atoms with Crippen LogP contribution in [-0.4, -0.2) is 50.3 Å². The minimum atomic E-state index is -4.07. The number of anilines is 1. The Balaban J connectivity index is 1.57. The van der Waals surface area contributed by atoms with Gasteiger partial charge >= 0.3 is 0 Å². The number of fused-ring (bicyclic) bond motifs is 1. The van der Waals surface area contributed by atoms with Gasteiger partial charge < -0.3 is 4.74 Å². The Kier molecular flexibility index (Phi) is 6.02. The predicted molar refractivity (Wildman–Crippen MR) is 111 cm³/mol. The number of benzene rings is 2. The topological polar surface area (TPSA) is 133 Å². The molecule has 4 rings (SSSR count). The maximum Gasteiger partial charge on any atom is 0.299 e. The number of amides is 1. The Labute approximate surface area is 187 Å². The number of azide groups is 1. The lowest BCUT2D eigenvalue weighted by Crippen LogP contribution is -2.39. The maximum atomic E-state index is 13.8. The van der Waals surface area contributed by atoms with Gasteiger partial charge in [-0.25, -0.2) is 17.2 Å². The summed E-state index contributed by atoms with van der Waals surface area (Å²) in [6.07, 6.45) is 1.01. The van der Waals surface area contributed by atoms with E-state index in [0.717, 1.165) is 23.1 Å². The summed E-state index contributed by atoms with van der Waals surface area (Å²) in [5.41, 5.74) is 8.53. The lowest BCUT2D eigenvalue weighted by atomic mass is 10.1. The van der Waals surface area contributed by atoms with Gasteiger partial charge in [0.05, 0.1) is 22.2 Å². The normalized spacial score (nSPS) is 18.4. The van der Waals surface area contributed by atoms with Crippen LogP contribution < -0.4 is 9.64 Å². The van der Waals surface area contributed by atoms with E-state index < -0.39 is 46.1 Å². The third-order valence-electron chi connectivity index (χ3n) is 5.47. The number of hydrogen-bond acceptors (Lipinski definition) is 6. The van der Waals surface area contributed by atoms with Gasteiger partial charge in [-0.1, -0.05) is 5.11 Å². The van der Waals surface area contributed by atoms with Crippen molar-refractivity contribution in [2.45, 2.75) is 23.8 Å². The molecule has 0 radical (unpaired) electrons. The summed E-state index contributed by atoms with van der Waals surface area (Å²) >= 11 is 0. The third kappa shape index (κ3) is 4.13. The van der Waals surface area contributed by atoms with Crippen molar-refractivity contribution in [1.29, 1.82) is 0 Å². The molecule has 1 saturated heterocycles. The predicted octanol–water partition coefficient (Wildman–Crippen LogP) is 2.99. The van der Waals surface area contributed by atoms with Crippen LogP contribution in [0.2, 0.25) is 0 Å². The minimum absolute atomic E-state index is 0.102. The molecule has 0 unspecified atom stereocenters. The molecular weight excluding hydrogens is 460 g/mol. The molecule has 2 aliphatic heterocycles. The average molecular weight is 477 g/mol. The quantitative estimate of drug-likeness (QED) is 0.262. The molecule has 0 N–H and O–H groups in total. The Hall–Kier alpha value is -3.54. The van der Waals surface area contributed by atoms with Crippen molar-refractivity contribution < 1.29 is 31.5 Å². The van der Waals surface area contributed by atoms with Crippen LogP contribution in [0.3, 0.4) is 0 Å². The zero-order valence-corrected chi connectivity index (χ0v) is 17.8. The zero-order chi connectivity index (χ0) is 23.8. The summed E-state index contributed by atoms with van der Waals surface area (Å²) in [5.74, 6) is -3.66. The number of Topliss-reactive ketones (excluding diaryl/α,β-unsaturated/α-hetero) is 1. The third-order valence-corrected chi connectivity index (χ3v) is 7.41. The van der Waals surface area contributed by atoms with Crippen molar-refractivity contribution in [3.05, 3.63) is 64.0 Å². The van der Waals surface area contributed by atoms with Crippen molar-refractivity contribution in [3.8, 4) is 5.75 Å². The van der Waals surface area contributed by atoms with Gasteiger partial charge in [0.1, 0.15) is 19.1 Å². The van der Waals surface area contributed by atoms with Crippen LogP contribution in [0.4, 0.5) is 14.5 Å². The van der Waals surface area contributed by atoms with Crippen LogP contribution in [0.25, 0.3) is 10.4 Å². The molecule has 10 nitrogen and oxygen atoms in total. The molecule has 2 aromatic rings. The molecule has 2 heterocycles. The van der Waals surface area contributed by atoms with E-state index in [9.17, 15) is 26.8 Å². The van der Waals surface area contributed by atoms with Gasteiger partial charge in [-0.3, -0.25) is 14.5 Å². The van der Waals surface area contributed by atoms with Crippen LogP contribution in [0, 0.1) is 11.6 Å². The molecule has 0 aromatic heterocycles. The minimum Gasteiger partial charge on any atom is -0.489 e. The molecule has 0 bridgehead atoms. The van der Waals surface area contributed by atoms with Crippen molar-refractivity contribution in [1.82, 2.24) is 4.31 Å². The van der Waals surface area contributed by atoms with E-state index in [-0.39, 0.29) is 35.0 Å². The van der Waals surface area contributed by atoms with E-state index in [0.29, 0.717) is 18.9 Å². The standard InChI is InChI=1S/C20H17F2N5O5S/c21-12-3-6-18(16(22)8-12)32-10-13-2-1-7-27(13)33(30,31)14-4-5-17-15(9-14)19(28)20(29)26(17)11-24-25-23/h3-6,8-9,13H,1-2,7,10-11H2/t13-/m0/s1. The number of carbonyl (C=O) groups excluding carboxylic acids is 2. The van der Waals surface area contributed by atoms with Gasteiger partial charge in [-0.2, -0.15) is 4.31 Å². The highest BCUT2D eigenvalue weighted by atomic mass is 32.2. The summed E-state index contributed by atoms with van der Waals surface area (Å²) in [4.78, 5) is 27.8. The Morgan fingerprint density at radius 3 is 2.70 bits per heavy atom. The second-order valence-corrected chi connectivity index (χ2v) is 9.30. The molecule has 1 atom stereocenters. The van der Waals surface area contributed by atoms with Gasteiger partial charge in [0, 0.05) is 17.5 Å². The molecule has 0 saturated carbocycles. The van der Waals surface area contributed by atoms with Gasteiger partial charge in [0.15, 0.2) is 11.6 Å². The van der Waals surface area contributed by atoms with E-state index in [4.69, 9.17) is 10.3 Å². The molecule has 13 heteroatoms. The van der Waals surface area contributed by atoms with Gasteiger partial charge in [-0.05, 0) is 48.7 Å². The average Bonchev–Trinajstić information content (AvgIpc) is 3.35. The SMILES string of the molecule is [N-]=[N+]=NCN1C(=O)C(=O)c2cc(S(=O)(=O)N3CCC[C@H]3COc3ccc(F)cc3F)ccc21. The number of sulfonamides is 1. The van der Waals surface area contributed by atoms with Gasteiger partial charge in [0.25, 0.3) is 11.7 Å². The maximum absolute atomic E-state index is 13.8. The number of ether oxygens (including phenoxy) is 1. The molecule has 2 aromatic carbocycles. The lowest BCUT2D eigenvalue weighted by Gasteiger charge is -2.24. The fourth-order valence-corrected chi connectivity index (χ4v) is 5.58. The summed E-state index contributed by atoms with van der Waals surface area (Å²) in [5, 5.41) is 3.28. The first-order chi connectivity index (χ1) is 15.7. The molecule has 2 aliphatic rings. The number of nitrogens with zero attached hydrogens (tertiary/aromatic N) is 5. The molecule has 33 heavy (non-hydrogen) atoms. The fourth-order valence-electron chi connectivity index (χ4n) is 3.88. The van der Waals surface area contributed by atoms with Crippen LogP contribution in [0.15, 0.2) is 46.4 Å². The highest BCUT2D eigenvalue weighted by Crippen LogP contribution is 2.34. The molecule has 0 spiro atoms. The van der Waals surface area contributed by atoms with Crippen LogP contribution in [-0.2, 0) is 14.8 Å². The number of rotatable bonds is 7. The first kappa shape index (κ1) is 22.6. The van der Waals surface area contributed by atoms with Crippen molar-refractivity contribution in [3.63, 3.8) is 0 Å². The van der Waals surface area contributed by atoms with E-state index in [1.54, 1.807) is 0 Å².